The number of amides is 1. The number of benzene rings is 1. The first-order valence-electron chi connectivity index (χ1n) is 7.83. The Balaban J connectivity index is 1.83. The SMILES string of the molecule is Cc1cc(O)cc(=O)n1[C@@H](C)C(=O)NC1(c2ccc(Br)cc2)CC1. The fourth-order valence-electron chi connectivity index (χ4n) is 3.03. The van der Waals surface area contributed by atoms with Crippen LogP contribution in [0.1, 0.15) is 37.1 Å². The summed E-state index contributed by atoms with van der Waals surface area (Å²) in [6, 6.07) is 9.87. The summed E-state index contributed by atoms with van der Waals surface area (Å²) >= 11 is 3.41. The fraction of sp³-hybridized carbons (Fsp3) is 0.333. The van der Waals surface area contributed by atoms with Gasteiger partial charge in [-0.05, 0) is 50.5 Å². The van der Waals surface area contributed by atoms with Gasteiger partial charge in [0.1, 0.15) is 11.8 Å². The van der Waals surface area contributed by atoms with Crippen LogP contribution in [0, 0.1) is 6.92 Å². The molecule has 0 unspecified atom stereocenters. The molecule has 5 nitrogen and oxygen atoms in total. The molecule has 2 N–H and O–H groups in total. The van der Waals surface area contributed by atoms with Gasteiger partial charge in [-0.1, -0.05) is 28.1 Å². The molecule has 6 heteroatoms. The average Bonchev–Trinajstić information content (AvgIpc) is 3.27. The Kier molecular flexibility index (Phi) is 4.25. The van der Waals surface area contributed by atoms with Crippen LogP contribution in [0.15, 0.2) is 45.7 Å². The van der Waals surface area contributed by atoms with Gasteiger partial charge in [-0.15, -0.1) is 0 Å². The van der Waals surface area contributed by atoms with E-state index in [1.54, 1.807) is 13.8 Å². The molecule has 3 rings (SSSR count). The Morgan fingerprint density at radius 1 is 1.29 bits per heavy atom. The molecule has 24 heavy (non-hydrogen) atoms. The number of nitrogens with zero attached hydrogens (tertiary/aromatic N) is 1. The first-order valence-corrected chi connectivity index (χ1v) is 8.62. The van der Waals surface area contributed by atoms with Crippen LogP contribution < -0.4 is 10.9 Å². The summed E-state index contributed by atoms with van der Waals surface area (Å²) in [7, 11) is 0. The van der Waals surface area contributed by atoms with E-state index in [1.807, 2.05) is 24.3 Å². The van der Waals surface area contributed by atoms with Crippen LogP contribution in [-0.4, -0.2) is 15.6 Å². The molecular formula is C18H19BrN2O3. The van der Waals surface area contributed by atoms with Crippen LogP contribution in [0.2, 0.25) is 0 Å². The van der Waals surface area contributed by atoms with E-state index in [1.165, 1.54) is 10.6 Å². The van der Waals surface area contributed by atoms with Gasteiger partial charge in [0, 0.05) is 16.2 Å². The zero-order valence-electron chi connectivity index (χ0n) is 13.5. The minimum absolute atomic E-state index is 0.0881. The second-order valence-electron chi connectivity index (χ2n) is 6.32. The molecule has 1 aliphatic carbocycles. The predicted molar refractivity (Wildman–Crippen MR) is 95.0 cm³/mol. The van der Waals surface area contributed by atoms with Gasteiger partial charge < -0.3 is 15.0 Å². The van der Waals surface area contributed by atoms with Crippen molar-refractivity contribution in [2.24, 2.45) is 0 Å². The Morgan fingerprint density at radius 3 is 2.46 bits per heavy atom. The Morgan fingerprint density at radius 2 is 1.92 bits per heavy atom. The molecule has 0 spiro atoms. The van der Waals surface area contributed by atoms with Crippen molar-refractivity contribution >= 4 is 21.8 Å². The Bertz CT molecular complexity index is 838. The van der Waals surface area contributed by atoms with Gasteiger partial charge in [-0.25, -0.2) is 0 Å². The average molecular weight is 391 g/mol. The first kappa shape index (κ1) is 16.8. The summed E-state index contributed by atoms with van der Waals surface area (Å²) in [5.41, 5.74) is 0.904. The lowest BCUT2D eigenvalue weighted by molar-refractivity contribution is -0.125. The molecule has 1 heterocycles. The molecule has 1 aliphatic rings. The number of aromatic nitrogens is 1. The van der Waals surface area contributed by atoms with E-state index in [-0.39, 0.29) is 22.8 Å². The molecule has 2 aromatic rings. The fourth-order valence-corrected chi connectivity index (χ4v) is 3.29. The Labute approximate surface area is 148 Å². The third-order valence-electron chi connectivity index (χ3n) is 4.52. The first-order chi connectivity index (χ1) is 11.3. The van der Waals surface area contributed by atoms with Crippen molar-refractivity contribution < 1.29 is 9.90 Å². The Hall–Kier alpha value is -2.08. The molecule has 1 aromatic heterocycles. The number of rotatable bonds is 4. The van der Waals surface area contributed by atoms with Crippen molar-refractivity contribution in [1.29, 1.82) is 0 Å². The summed E-state index contributed by atoms with van der Waals surface area (Å²) in [4.78, 5) is 24.8. The van der Waals surface area contributed by atoms with Gasteiger partial charge in [0.05, 0.1) is 5.54 Å². The van der Waals surface area contributed by atoms with E-state index in [9.17, 15) is 14.7 Å². The van der Waals surface area contributed by atoms with Crippen LogP contribution in [0.4, 0.5) is 0 Å². The zero-order chi connectivity index (χ0) is 17.5. The van der Waals surface area contributed by atoms with Crippen molar-refractivity contribution in [3.05, 3.63) is 62.5 Å². The highest BCUT2D eigenvalue weighted by Gasteiger charge is 2.46. The number of nitrogens with one attached hydrogen (secondary N) is 1. The molecule has 1 saturated carbocycles. The predicted octanol–water partition coefficient (Wildman–Crippen LogP) is 2.99. The lowest BCUT2D eigenvalue weighted by atomic mass is 10.0. The van der Waals surface area contributed by atoms with Crippen LogP contribution in [-0.2, 0) is 10.3 Å². The van der Waals surface area contributed by atoms with Crippen LogP contribution in [0.5, 0.6) is 5.75 Å². The van der Waals surface area contributed by atoms with Gasteiger partial charge in [0.25, 0.3) is 5.56 Å². The number of hydrogen-bond donors (Lipinski definition) is 2. The molecule has 1 fully saturated rings. The maximum absolute atomic E-state index is 12.7. The smallest absolute Gasteiger partial charge is 0.255 e. The maximum atomic E-state index is 12.7. The summed E-state index contributed by atoms with van der Waals surface area (Å²) in [6.45, 7) is 3.39. The van der Waals surface area contributed by atoms with Gasteiger partial charge >= 0.3 is 0 Å². The van der Waals surface area contributed by atoms with E-state index < -0.39 is 6.04 Å². The van der Waals surface area contributed by atoms with Crippen molar-refractivity contribution in [2.45, 2.75) is 38.3 Å². The molecule has 1 atom stereocenters. The third-order valence-corrected chi connectivity index (χ3v) is 5.05. The monoisotopic (exact) mass is 390 g/mol. The van der Waals surface area contributed by atoms with Gasteiger partial charge in [-0.3, -0.25) is 9.59 Å². The quantitative estimate of drug-likeness (QED) is 0.842. The number of aryl methyl sites for hydroxylation is 1. The maximum Gasteiger partial charge on any atom is 0.255 e. The number of carbonyl (C=O) groups is 1. The normalized spacial score (nSPS) is 16.5. The van der Waals surface area contributed by atoms with E-state index in [4.69, 9.17) is 0 Å². The molecular weight excluding hydrogens is 372 g/mol. The number of carbonyl (C=O) groups excluding carboxylic acids is 1. The van der Waals surface area contributed by atoms with E-state index in [0.717, 1.165) is 28.9 Å². The zero-order valence-corrected chi connectivity index (χ0v) is 15.1. The summed E-state index contributed by atoms with van der Waals surface area (Å²) in [5.74, 6) is -0.291. The van der Waals surface area contributed by atoms with Crippen LogP contribution >= 0.6 is 15.9 Å². The van der Waals surface area contributed by atoms with Crippen molar-refractivity contribution in [1.82, 2.24) is 9.88 Å². The van der Waals surface area contributed by atoms with Gasteiger partial charge in [0.15, 0.2) is 0 Å². The van der Waals surface area contributed by atoms with Crippen molar-refractivity contribution in [3.63, 3.8) is 0 Å². The summed E-state index contributed by atoms with van der Waals surface area (Å²) in [5, 5.41) is 12.6. The van der Waals surface area contributed by atoms with Gasteiger partial charge in [-0.2, -0.15) is 0 Å². The second-order valence-corrected chi connectivity index (χ2v) is 7.23. The summed E-state index contributed by atoms with van der Waals surface area (Å²) in [6.07, 6.45) is 1.77. The van der Waals surface area contributed by atoms with Gasteiger partial charge in [0.2, 0.25) is 5.91 Å². The van der Waals surface area contributed by atoms with E-state index in [2.05, 4.69) is 21.2 Å². The largest absolute Gasteiger partial charge is 0.508 e. The lowest BCUT2D eigenvalue weighted by Gasteiger charge is -2.23. The number of aromatic hydroxyl groups is 1. The highest BCUT2D eigenvalue weighted by molar-refractivity contribution is 9.10. The minimum Gasteiger partial charge on any atom is -0.508 e. The van der Waals surface area contributed by atoms with Crippen molar-refractivity contribution in [3.8, 4) is 5.75 Å². The van der Waals surface area contributed by atoms with Crippen LogP contribution in [0.3, 0.4) is 0 Å². The molecule has 126 valence electrons. The third kappa shape index (κ3) is 3.11. The molecule has 1 amide bonds. The second kappa shape index (κ2) is 6.09. The number of halogens is 1. The van der Waals surface area contributed by atoms with Crippen LogP contribution in [0.25, 0.3) is 0 Å². The molecule has 0 radical (unpaired) electrons. The van der Waals surface area contributed by atoms with Crippen molar-refractivity contribution in [2.75, 3.05) is 0 Å². The summed E-state index contributed by atoms with van der Waals surface area (Å²) < 4.78 is 2.39. The van der Waals surface area contributed by atoms with E-state index in [0.29, 0.717) is 5.69 Å². The molecule has 0 aliphatic heterocycles. The highest BCUT2D eigenvalue weighted by atomic mass is 79.9. The van der Waals surface area contributed by atoms with E-state index >= 15 is 0 Å². The lowest BCUT2D eigenvalue weighted by Crippen LogP contribution is -2.41. The number of hydrogen-bond acceptors (Lipinski definition) is 3. The number of pyridine rings is 1. The molecule has 1 aromatic carbocycles. The standard InChI is InChI=1S/C18H19BrN2O3/c1-11-9-15(22)10-16(23)21(11)12(2)17(24)20-18(7-8-18)13-3-5-14(19)6-4-13/h3-6,9-10,12,22H,7-8H2,1-2H3,(H,20,24)/t12-/m0/s1. The molecule has 0 saturated heterocycles. The molecule has 0 bridgehead atoms. The minimum atomic E-state index is -0.647. The highest BCUT2D eigenvalue weighted by Crippen LogP contribution is 2.46. The topological polar surface area (TPSA) is 71.3 Å².